The van der Waals surface area contributed by atoms with E-state index in [1.807, 2.05) is 7.11 Å². The lowest BCUT2D eigenvalue weighted by Crippen LogP contribution is -2.46. The molecule has 1 aliphatic rings. The zero-order chi connectivity index (χ0) is 12.7. The maximum absolute atomic E-state index is 5.35. The van der Waals surface area contributed by atoms with Gasteiger partial charge in [0, 0.05) is 25.7 Å². The highest BCUT2D eigenvalue weighted by Gasteiger charge is 2.25. The van der Waals surface area contributed by atoms with Gasteiger partial charge in [-0.25, -0.2) is 0 Å². The minimum absolute atomic E-state index is 0.589. The van der Waals surface area contributed by atoms with Crippen LogP contribution >= 0.6 is 0 Å². The summed E-state index contributed by atoms with van der Waals surface area (Å²) >= 11 is 0. The third-order valence-electron chi connectivity index (χ3n) is 4.14. The van der Waals surface area contributed by atoms with Gasteiger partial charge < -0.3 is 10.1 Å². The van der Waals surface area contributed by atoms with Gasteiger partial charge in [-0.3, -0.25) is 4.90 Å². The summed E-state index contributed by atoms with van der Waals surface area (Å²) < 4.78 is 5.35. The maximum Gasteiger partial charge on any atom is 0.0617 e. The van der Waals surface area contributed by atoms with Crippen LogP contribution in [0.3, 0.4) is 0 Å². The molecule has 0 spiro atoms. The van der Waals surface area contributed by atoms with Crippen molar-refractivity contribution in [3.8, 4) is 0 Å². The summed E-state index contributed by atoms with van der Waals surface area (Å²) in [5.41, 5.74) is 0. The third-order valence-corrected chi connectivity index (χ3v) is 4.14. The second-order valence-electron chi connectivity index (χ2n) is 5.31. The average Bonchev–Trinajstić information content (AvgIpc) is 2.60. The van der Waals surface area contributed by atoms with Crippen molar-refractivity contribution in [2.75, 3.05) is 33.4 Å². The minimum atomic E-state index is 0.589. The van der Waals surface area contributed by atoms with E-state index in [4.69, 9.17) is 4.74 Å². The molecule has 0 aromatic rings. The molecule has 1 rings (SSSR count). The number of methoxy groups -OCH3 is 1. The summed E-state index contributed by atoms with van der Waals surface area (Å²) in [6, 6.07) is 1.24. The third kappa shape index (κ3) is 4.57. The van der Waals surface area contributed by atoms with Crippen molar-refractivity contribution in [2.24, 2.45) is 5.92 Å². The number of nitrogens with one attached hydrogen (secondary N) is 1. The van der Waals surface area contributed by atoms with Crippen LogP contribution < -0.4 is 5.32 Å². The molecule has 0 amide bonds. The Labute approximate surface area is 107 Å². The molecule has 3 atom stereocenters. The Morgan fingerprint density at radius 3 is 2.71 bits per heavy atom. The molecule has 0 saturated carbocycles. The Hall–Kier alpha value is -0.120. The van der Waals surface area contributed by atoms with E-state index in [-0.39, 0.29) is 0 Å². The monoisotopic (exact) mass is 242 g/mol. The SMILES string of the molecule is CCC(C)C1CN(C(CC)COC)CCCN1. The van der Waals surface area contributed by atoms with E-state index < -0.39 is 0 Å². The number of nitrogens with zero attached hydrogens (tertiary/aromatic N) is 1. The fourth-order valence-corrected chi connectivity index (χ4v) is 2.65. The summed E-state index contributed by atoms with van der Waals surface area (Å²) in [6.45, 7) is 11.3. The Morgan fingerprint density at radius 2 is 2.12 bits per heavy atom. The van der Waals surface area contributed by atoms with Crippen LogP contribution in [-0.2, 0) is 4.74 Å². The molecule has 1 fully saturated rings. The van der Waals surface area contributed by atoms with Gasteiger partial charge in [0.05, 0.1) is 6.61 Å². The fraction of sp³-hybridized carbons (Fsp3) is 1.00. The lowest BCUT2D eigenvalue weighted by molar-refractivity contribution is 0.0821. The maximum atomic E-state index is 5.35. The van der Waals surface area contributed by atoms with Crippen molar-refractivity contribution < 1.29 is 4.74 Å². The van der Waals surface area contributed by atoms with Crippen LogP contribution in [0.4, 0.5) is 0 Å². The molecule has 1 heterocycles. The van der Waals surface area contributed by atoms with Crippen LogP contribution in [0.15, 0.2) is 0 Å². The molecular weight excluding hydrogens is 212 g/mol. The summed E-state index contributed by atoms with van der Waals surface area (Å²) in [4.78, 5) is 2.63. The smallest absolute Gasteiger partial charge is 0.0617 e. The van der Waals surface area contributed by atoms with Crippen molar-refractivity contribution in [1.82, 2.24) is 10.2 Å². The quantitative estimate of drug-likeness (QED) is 0.772. The Bertz CT molecular complexity index is 199. The second kappa shape index (κ2) is 8.06. The van der Waals surface area contributed by atoms with Gasteiger partial charge in [-0.1, -0.05) is 27.2 Å². The predicted molar refractivity (Wildman–Crippen MR) is 73.4 cm³/mol. The Morgan fingerprint density at radius 1 is 1.35 bits per heavy atom. The highest BCUT2D eigenvalue weighted by atomic mass is 16.5. The van der Waals surface area contributed by atoms with Gasteiger partial charge in [0.2, 0.25) is 0 Å². The van der Waals surface area contributed by atoms with E-state index >= 15 is 0 Å². The molecule has 0 aliphatic carbocycles. The van der Waals surface area contributed by atoms with Crippen molar-refractivity contribution in [1.29, 1.82) is 0 Å². The molecule has 3 nitrogen and oxygen atoms in total. The second-order valence-corrected chi connectivity index (χ2v) is 5.31. The van der Waals surface area contributed by atoms with E-state index in [1.165, 1.54) is 32.4 Å². The molecular formula is C14H30N2O. The molecule has 102 valence electrons. The number of rotatable bonds is 6. The van der Waals surface area contributed by atoms with E-state index in [1.54, 1.807) is 0 Å². The number of ether oxygens (including phenoxy) is 1. The summed E-state index contributed by atoms with van der Waals surface area (Å²) in [5.74, 6) is 0.760. The lowest BCUT2D eigenvalue weighted by atomic mass is 9.98. The van der Waals surface area contributed by atoms with Crippen molar-refractivity contribution in [3.05, 3.63) is 0 Å². The first-order chi connectivity index (χ1) is 8.22. The van der Waals surface area contributed by atoms with Crippen molar-refractivity contribution >= 4 is 0 Å². The first-order valence-electron chi connectivity index (χ1n) is 7.19. The normalized spacial score (nSPS) is 26.5. The highest BCUT2D eigenvalue weighted by Crippen LogP contribution is 2.15. The van der Waals surface area contributed by atoms with Gasteiger partial charge in [-0.2, -0.15) is 0 Å². The highest BCUT2D eigenvalue weighted by molar-refractivity contribution is 4.83. The molecule has 0 bridgehead atoms. The van der Waals surface area contributed by atoms with Crippen LogP contribution in [0, 0.1) is 5.92 Å². The predicted octanol–water partition coefficient (Wildman–Crippen LogP) is 2.12. The summed E-state index contributed by atoms with van der Waals surface area (Å²) in [6.07, 6.45) is 3.70. The molecule has 1 aliphatic heterocycles. The van der Waals surface area contributed by atoms with Crippen molar-refractivity contribution in [3.63, 3.8) is 0 Å². The van der Waals surface area contributed by atoms with Crippen LogP contribution in [0.25, 0.3) is 0 Å². The molecule has 17 heavy (non-hydrogen) atoms. The van der Waals surface area contributed by atoms with Crippen LogP contribution in [0.5, 0.6) is 0 Å². The molecule has 3 unspecified atom stereocenters. The van der Waals surface area contributed by atoms with E-state index in [0.29, 0.717) is 12.1 Å². The number of hydrogen-bond donors (Lipinski definition) is 1. The van der Waals surface area contributed by atoms with Gasteiger partial charge in [-0.15, -0.1) is 0 Å². The van der Waals surface area contributed by atoms with E-state index in [2.05, 4.69) is 31.0 Å². The Balaban J connectivity index is 2.57. The molecule has 0 aromatic carbocycles. The summed E-state index contributed by atoms with van der Waals surface area (Å²) in [5, 5.41) is 3.70. The van der Waals surface area contributed by atoms with Crippen molar-refractivity contribution in [2.45, 2.75) is 52.1 Å². The summed E-state index contributed by atoms with van der Waals surface area (Å²) in [7, 11) is 1.81. The van der Waals surface area contributed by atoms with Gasteiger partial charge >= 0.3 is 0 Å². The van der Waals surface area contributed by atoms with Gasteiger partial charge in [0.25, 0.3) is 0 Å². The molecule has 0 radical (unpaired) electrons. The van der Waals surface area contributed by atoms with Crippen LogP contribution in [0.2, 0.25) is 0 Å². The van der Waals surface area contributed by atoms with Gasteiger partial charge in [0.1, 0.15) is 0 Å². The fourth-order valence-electron chi connectivity index (χ4n) is 2.65. The van der Waals surface area contributed by atoms with Gasteiger partial charge in [-0.05, 0) is 31.8 Å². The largest absolute Gasteiger partial charge is 0.383 e. The zero-order valence-corrected chi connectivity index (χ0v) is 12.0. The standard InChI is InChI=1S/C14H30N2O/c1-5-12(3)14-10-16(9-7-8-15-14)13(6-2)11-17-4/h12-15H,5-11H2,1-4H3. The Kier molecular flexibility index (Phi) is 7.09. The molecule has 1 N–H and O–H groups in total. The van der Waals surface area contributed by atoms with Crippen LogP contribution in [-0.4, -0.2) is 50.3 Å². The first-order valence-corrected chi connectivity index (χ1v) is 7.19. The molecule has 0 aromatic heterocycles. The minimum Gasteiger partial charge on any atom is -0.383 e. The first kappa shape index (κ1) is 14.9. The van der Waals surface area contributed by atoms with E-state index in [0.717, 1.165) is 19.1 Å². The average molecular weight is 242 g/mol. The van der Waals surface area contributed by atoms with Crippen LogP contribution in [0.1, 0.15) is 40.0 Å². The molecule has 3 heteroatoms. The number of hydrogen-bond acceptors (Lipinski definition) is 3. The topological polar surface area (TPSA) is 24.5 Å². The zero-order valence-electron chi connectivity index (χ0n) is 12.0. The van der Waals surface area contributed by atoms with Gasteiger partial charge in [0.15, 0.2) is 0 Å². The van der Waals surface area contributed by atoms with E-state index in [9.17, 15) is 0 Å². The lowest BCUT2D eigenvalue weighted by Gasteiger charge is -2.33. The molecule has 1 saturated heterocycles.